The first-order valence-corrected chi connectivity index (χ1v) is 44.0. The molecule has 0 aromatic heterocycles. The Hall–Kier alpha value is -3.65. The van der Waals surface area contributed by atoms with Gasteiger partial charge in [-0.2, -0.15) is 0 Å². The third-order valence-corrected chi connectivity index (χ3v) is 22.3. The van der Waals surface area contributed by atoms with Crippen LogP contribution in [-0.2, 0) is 85.5 Å². The van der Waals surface area contributed by atoms with Crippen LogP contribution in [0.15, 0.2) is 0 Å². The predicted molar refractivity (Wildman–Crippen MR) is 419 cm³/mol. The summed E-state index contributed by atoms with van der Waals surface area (Å²) in [4.78, 5) is 116. The minimum absolute atomic E-state index is 0.0182. The van der Waals surface area contributed by atoms with Gasteiger partial charge < -0.3 is 119 Å². The number of amides is 3. The number of β-amino-alcohol motifs (C(OH)–C–C–N with tert-alkyl or cyclic N) is 1. The molecule has 4 aliphatic heterocycles. The van der Waals surface area contributed by atoms with Crippen LogP contribution in [0.3, 0.4) is 0 Å². The van der Waals surface area contributed by atoms with E-state index in [1.807, 2.05) is 0 Å². The lowest BCUT2D eigenvalue weighted by molar-refractivity contribution is -0.282. The zero-order chi connectivity index (χ0) is 83.6. The van der Waals surface area contributed by atoms with Gasteiger partial charge in [-0.25, -0.2) is 0 Å². The summed E-state index contributed by atoms with van der Waals surface area (Å²) in [5.74, 6) is -1.99. The molecule has 4 saturated heterocycles. The molecule has 4 aliphatic rings. The fraction of sp³-hybridized carbons (Fsp3) is 0.901. The lowest BCUT2D eigenvalue weighted by atomic mass is 9.83. The molecule has 16 unspecified atom stereocenters. The van der Waals surface area contributed by atoms with Crippen LogP contribution in [0.2, 0.25) is 0 Å². The van der Waals surface area contributed by atoms with E-state index >= 15 is 0 Å². The molecule has 0 aromatic rings. The SMILES string of the molecule is CC1C(OCCCCC(=O)CCCCCC(=O)CCOCC(COCCC(=O)CCCCCC(=O)CCCCOC2OC(CO)C(O)C(O)C2C)(COCCC(=O)NCCCNC(=O)CCCCOC2OC(CO)C(O)C(O)C2C)CC(=O)CCCCCCCCCCC(=O)N2C[C@H](O)C[C@H]2COP(C)O)OC(CO)C(O)C1O. The molecule has 4 fully saturated rings. The Morgan fingerprint density at radius 3 is 1.11 bits per heavy atom. The van der Waals surface area contributed by atoms with Crippen molar-refractivity contribution < 1.29 is 141 Å². The number of nitrogens with zero attached hydrogens (tertiary/aromatic N) is 1. The van der Waals surface area contributed by atoms with Gasteiger partial charge in [0.2, 0.25) is 17.7 Å². The Bertz CT molecular complexity index is 2460. The van der Waals surface area contributed by atoms with Crippen LogP contribution < -0.4 is 10.6 Å². The predicted octanol–water partition coefficient (Wildman–Crippen LogP) is 4.55. The summed E-state index contributed by atoms with van der Waals surface area (Å²) in [5.41, 5.74) is -1.09. The first-order chi connectivity index (χ1) is 54.7. The van der Waals surface area contributed by atoms with Gasteiger partial charge >= 0.3 is 0 Å². The highest BCUT2D eigenvalue weighted by atomic mass is 31.2. The van der Waals surface area contributed by atoms with Gasteiger partial charge in [0.25, 0.3) is 0 Å². The maximum Gasteiger partial charge on any atom is 0.222 e. The molecule has 32 nitrogen and oxygen atoms in total. The van der Waals surface area contributed by atoms with Crippen molar-refractivity contribution in [1.82, 2.24) is 15.5 Å². The maximum absolute atomic E-state index is 14.2. The molecule has 0 saturated carbocycles. The van der Waals surface area contributed by atoms with E-state index in [0.717, 1.165) is 38.5 Å². The van der Waals surface area contributed by atoms with Crippen LogP contribution in [0.1, 0.15) is 245 Å². The molecule has 13 N–H and O–H groups in total. The molecule has 0 aromatic carbocycles. The number of aliphatic hydroxyl groups excluding tert-OH is 10. The van der Waals surface area contributed by atoms with E-state index in [0.29, 0.717) is 141 Å². The van der Waals surface area contributed by atoms with Crippen LogP contribution in [0, 0.1) is 23.2 Å². The van der Waals surface area contributed by atoms with Crippen molar-refractivity contribution in [3.05, 3.63) is 0 Å². The minimum Gasteiger partial charge on any atom is -0.394 e. The van der Waals surface area contributed by atoms with Gasteiger partial charge in [0, 0.05) is 153 Å². The van der Waals surface area contributed by atoms with Crippen molar-refractivity contribution >= 4 is 55.0 Å². The lowest BCUT2D eigenvalue weighted by Gasteiger charge is -2.40. The van der Waals surface area contributed by atoms with Crippen molar-refractivity contribution in [2.24, 2.45) is 23.2 Å². The number of ether oxygens (including phenoxy) is 9. The molecule has 0 bridgehead atoms. The van der Waals surface area contributed by atoms with E-state index in [4.69, 9.17) is 47.2 Å². The standard InChI is InChI=1S/C81H144N3O29P/c1-56-72(97)75(100)66(49-85)111-78(56)107-40-22-19-30-60(88)26-14-11-16-28-62(90)35-43-104-53-81(47-64(92)32-13-9-7-5-6-8-10-18-34-71(96)84-48-65(93)46-59(84)52-110-114(4)103,54-105-44-36-63(91)29-17-12-15-27-61(89)31-20-23-41-108-79-57(2)73(98)76(101)67(50-86)112-79)55-106-45-37-70(95)83-39-25-38-82-69(94)33-21-24-42-109-80-58(3)74(99)77(102)68(51-87)113-80/h56-59,65-68,72-80,85-87,93,97-103H,5-55H2,1-4H3,(H,82,94)(H,83,95)/t56?,57?,58?,59-,65+,66?,67?,68?,72?,73?,74?,75?,76?,77?,78?,79?,80?,81?,114?/m0/s1. The fourth-order valence-electron chi connectivity index (χ4n) is 14.5. The number of hydrogen-bond acceptors (Lipinski definition) is 29. The first-order valence-electron chi connectivity index (χ1n) is 42.3. The summed E-state index contributed by atoms with van der Waals surface area (Å²) in [6, 6.07) is -0.259. The second kappa shape index (κ2) is 59.9. The van der Waals surface area contributed by atoms with Gasteiger partial charge in [-0.1, -0.05) is 72.1 Å². The molecule has 4 rings (SSSR count). The van der Waals surface area contributed by atoms with Gasteiger partial charge in [-0.3, -0.25) is 38.4 Å². The highest BCUT2D eigenvalue weighted by Crippen LogP contribution is 2.33. The number of unbranched alkanes of at least 4 members (excludes halogenated alkanes) is 14. The Labute approximate surface area is 676 Å². The molecule has 0 radical (unpaired) electrons. The smallest absolute Gasteiger partial charge is 0.222 e. The van der Waals surface area contributed by atoms with E-state index in [-0.39, 0.29) is 183 Å². The molecular weight excluding hydrogens is 1510 g/mol. The largest absolute Gasteiger partial charge is 0.394 e. The third-order valence-electron chi connectivity index (χ3n) is 21.8. The molecule has 114 heavy (non-hydrogen) atoms. The number of ketones is 5. The summed E-state index contributed by atoms with van der Waals surface area (Å²) >= 11 is 0. The number of aliphatic hydroxyl groups is 10. The molecule has 0 aliphatic carbocycles. The zero-order valence-electron chi connectivity index (χ0n) is 68.5. The summed E-state index contributed by atoms with van der Waals surface area (Å²) in [5, 5.41) is 106. The van der Waals surface area contributed by atoms with E-state index < -0.39 is 131 Å². The normalized spacial score (nSPS) is 26.6. The van der Waals surface area contributed by atoms with E-state index in [2.05, 4.69) is 10.6 Å². The number of rotatable bonds is 68. The topological polar surface area (TPSA) is 479 Å². The highest BCUT2D eigenvalue weighted by molar-refractivity contribution is 7.45. The zero-order valence-corrected chi connectivity index (χ0v) is 69.4. The first kappa shape index (κ1) is 103. The number of hydrogen-bond donors (Lipinski definition) is 13. The van der Waals surface area contributed by atoms with Crippen molar-refractivity contribution in [1.29, 1.82) is 0 Å². The second-order valence-corrected chi connectivity index (χ2v) is 33.0. The van der Waals surface area contributed by atoms with Crippen LogP contribution in [0.5, 0.6) is 0 Å². The Morgan fingerprint density at radius 2 is 0.728 bits per heavy atom. The Morgan fingerprint density at radius 1 is 0.404 bits per heavy atom. The van der Waals surface area contributed by atoms with Crippen molar-refractivity contribution in [2.75, 3.05) is 112 Å². The quantitative estimate of drug-likeness (QED) is 0.0293. The number of carbonyl (C=O) groups is 8. The van der Waals surface area contributed by atoms with Crippen molar-refractivity contribution in [2.45, 2.75) is 331 Å². The lowest BCUT2D eigenvalue weighted by Crippen LogP contribution is -2.55. The van der Waals surface area contributed by atoms with Gasteiger partial charge in [-0.15, -0.1) is 0 Å². The molecule has 4 heterocycles. The van der Waals surface area contributed by atoms with E-state index in [1.54, 1.807) is 32.3 Å². The van der Waals surface area contributed by atoms with Gasteiger partial charge in [0.1, 0.15) is 65.5 Å². The van der Waals surface area contributed by atoms with Crippen LogP contribution >= 0.6 is 8.38 Å². The maximum atomic E-state index is 14.2. The molecule has 662 valence electrons. The van der Waals surface area contributed by atoms with Crippen LogP contribution in [0.4, 0.5) is 0 Å². The Balaban J connectivity index is 1.27. The monoisotopic (exact) mass is 1650 g/mol. The highest BCUT2D eigenvalue weighted by Gasteiger charge is 2.45. The number of Topliss-reactive ketones (excluding diaryl/α,β-unsaturated/α-hetero) is 5. The van der Waals surface area contributed by atoms with Crippen molar-refractivity contribution in [3.63, 3.8) is 0 Å². The average Bonchev–Trinajstić information content (AvgIpc) is 1.07. The van der Waals surface area contributed by atoms with Crippen LogP contribution in [0.25, 0.3) is 0 Å². The van der Waals surface area contributed by atoms with Crippen LogP contribution in [-0.4, -0.2) is 306 Å². The summed E-state index contributed by atoms with van der Waals surface area (Å²) < 4.78 is 58.2. The second-order valence-electron chi connectivity index (χ2n) is 31.8. The third kappa shape index (κ3) is 41.6. The molecule has 3 amide bonds. The van der Waals surface area contributed by atoms with E-state index in [9.17, 15) is 94.3 Å². The van der Waals surface area contributed by atoms with Gasteiger partial charge in [0.15, 0.2) is 27.2 Å². The molecular formula is C81H144N3O29P. The summed E-state index contributed by atoms with van der Waals surface area (Å²) in [6.45, 7) is 6.92. The van der Waals surface area contributed by atoms with E-state index in [1.165, 1.54) is 0 Å². The fourth-order valence-corrected chi connectivity index (χ4v) is 14.9. The summed E-state index contributed by atoms with van der Waals surface area (Å²) in [6.07, 6.45) is 4.78. The molecule has 33 heteroatoms. The summed E-state index contributed by atoms with van der Waals surface area (Å²) in [7, 11) is -1.57. The minimum atomic E-state index is -1.57. The molecule has 18 atom stereocenters. The molecule has 0 spiro atoms. The Kier molecular flexibility index (Phi) is 54.0. The van der Waals surface area contributed by atoms with Gasteiger partial charge in [-0.05, 0) is 89.9 Å². The van der Waals surface area contributed by atoms with Crippen molar-refractivity contribution in [3.8, 4) is 0 Å². The number of carbonyl (C=O) groups excluding carboxylic acids is 8. The number of likely N-dealkylation sites (tertiary alicyclic amines) is 1. The average molecular weight is 1660 g/mol. The van der Waals surface area contributed by atoms with Gasteiger partial charge in [0.05, 0.1) is 96.5 Å². The number of nitrogens with one attached hydrogen (secondary N) is 2.